The van der Waals surface area contributed by atoms with Crippen molar-refractivity contribution in [2.75, 3.05) is 0 Å². The largest absolute Gasteiger partial charge is 0.480 e. The van der Waals surface area contributed by atoms with Crippen molar-refractivity contribution in [3.8, 4) is 0 Å². The Morgan fingerprint density at radius 1 is 1.55 bits per heavy atom. The molecule has 3 atom stereocenters. The van der Waals surface area contributed by atoms with E-state index >= 15 is 0 Å². The summed E-state index contributed by atoms with van der Waals surface area (Å²) in [6.07, 6.45) is 4.17. The van der Waals surface area contributed by atoms with Crippen LogP contribution in [0, 0.1) is 5.92 Å². The highest BCUT2D eigenvalue weighted by atomic mass is 16.4. The summed E-state index contributed by atoms with van der Waals surface area (Å²) in [5, 5.41) is 11.6. The van der Waals surface area contributed by atoms with Gasteiger partial charge in [0.2, 0.25) is 5.91 Å². The normalized spacial score (nSPS) is 15.3. The van der Waals surface area contributed by atoms with Crippen molar-refractivity contribution in [2.24, 2.45) is 11.7 Å². The molecule has 1 aromatic heterocycles. The molecule has 7 heteroatoms. The van der Waals surface area contributed by atoms with Crippen molar-refractivity contribution < 1.29 is 14.7 Å². The topological polar surface area (TPSA) is 121 Å². The van der Waals surface area contributed by atoms with Crippen molar-refractivity contribution in [2.45, 2.75) is 45.2 Å². The van der Waals surface area contributed by atoms with Crippen LogP contribution >= 0.6 is 0 Å². The minimum Gasteiger partial charge on any atom is -0.480 e. The molecule has 112 valence electrons. The third-order valence-electron chi connectivity index (χ3n) is 3.41. The first-order chi connectivity index (χ1) is 9.43. The molecule has 1 heterocycles. The Morgan fingerprint density at radius 2 is 2.25 bits per heavy atom. The van der Waals surface area contributed by atoms with E-state index in [1.807, 2.05) is 13.8 Å². The van der Waals surface area contributed by atoms with Crippen LogP contribution in [-0.4, -0.2) is 39.0 Å². The maximum absolute atomic E-state index is 11.8. The number of aliphatic carboxylic acids is 1. The number of nitrogens with one attached hydrogen (secondary N) is 2. The van der Waals surface area contributed by atoms with E-state index in [2.05, 4.69) is 15.3 Å². The number of amides is 1. The predicted octanol–water partition coefficient (Wildman–Crippen LogP) is 0.285. The number of carbonyl (C=O) groups is 2. The second-order valence-corrected chi connectivity index (χ2v) is 4.99. The number of hydrogen-bond donors (Lipinski definition) is 4. The van der Waals surface area contributed by atoms with Gasteiger partial charge in [0.1, 0.15) is 6.04 Å². The quantitative estimate of drug-likeness (QED) is 0.546. The van der Waals surface area contributed by atoms with Gasteiger partial charge in [-0.05, 0) is 5.92 Å². The van der Waals surface area contributed by atoms with Gasteiger partial charge in [-0.1, -0.05) is 20.3 Å². The average Bonchev–Trinajstić information content (AvgIpc) is 2.89. The highest BCUT2D eigenvalue weighted by molar-refractivity contribution is 5.84. The summed E-state index contributed by atoms with van der Waals surface area (Å²) < 4.78 is 0. The number of H-pyrrole nitrogens is 1. The number of aromatic amines is 1. The van der Waals surface area contributed by atoms with Gasteiger partial charge in [0.25, 0.3) is 0 Å². The lowest BCUT2D eigenvalue weighted by molar-refractivity contribution is -0.141. The Labute approximate surface area is 118 Å². The lowest BCUT2D eigenvalue weighted by Gasteiger charge is -2.19. The lowest BCUT2D eigenvalue weighted by atomic mass is 9.97. The van der Waals surface area contributed by atoms with Gasteiger partial charge in [-0.2, -0.15) is 0 Å². The summed E-state index contributed by atoms with van der Waals surface area (Å²) in [5.41, 5.74) is 6.55. The van der Waals surface area contributed by atoms with Crippen LogP contribution in [0.5, 0.6) is 0 Å². The van der Waals surface area contributed by atoms with Gasteiger partial charge in [-0.15, -0.1) is 0 Å². The highest BCUT2D eigenvalue weighted by Gasteiger charge is 2.23. The molecule has 0 saturated carbocycles. The number of imidazole rings is 1. The number of carbonyl (C=O) groups excluding carboxylic acids is 1. The first kappa shape index (κ1) is 16.2. The fourth-order valence-electron chi connectivity index (χ4n) is 1.79. The van der Waals surface area contributed by atoms with Crippen LogP contribution in [-0.2, 0) is 16.0 Å². The molecule has 20 heavy (non-hydrogen) atoms. The Bertz CT molecular complexity index is 433. The second kappa shape index (κ2) is 7.64. The van der Waals surface area contributed by atoms with Gasteiger partial charge >= 0.3 is 5.97 Å². The van der Waals surface area contributed by atoms with E-state index in [9.17, 15) is 9.59 Å². The van der Waals surface area contributed by atoms with E-state index in [1.54, 1.807) is 0 Å². The summed E-state index contributed by atoms with van der Waals surface area (Å²) in [6.45, 7) is 3.97. The Morgan fingerprint density at radius 3 is 2.75 bits per heavy atom. The van der Waals surface area contributed by atoms with Gasteiger partial charge < -0.3 is 21.1 Å². The third kappa shape index (κ3) is 5.00. The first-order valence-electron chi connectivity index (χ1n) is 6.69. The van der Waals surface area contributed by atoms with Crippen LogP contribution in [0.15, 0.2) is 12.5 Å². The second-order valence-electron chi connectivity index (χ2n) is 4.99. The summed E-state index contributed by atoms with van der Waals surface area (Å²) in [5.74, 6) is -1.20. The van der Waals surface area contributed by atoms with Crippen LogP contribution in [0.3, 0.4) is 0 Å². The molecule has 2 unspecified atom stereocenters. The van der Waals surface area contributed by atoms with Gasteiger partial charge in [0.05, 0.1) is 6.33 Å². The molecule has 1 amide bonds. The van der Waals surface area contributed by atoms with E-state index in [-0.39, 0.29) is 30.7 Å². The molecular formula is C13H22N4O3. The number of nitrogens with zero attached hydrogens (tertiary/aromatic N) is 1. The van der Waals surface area contributed by atoms with Gasteiger partial charge in [-0.25, -0.2) is 9.78 Å². The van der Waals surface area contributed by atoms with E-state index in [0.29, 0.717) is 5.69 Å². The number of hydrogen-bond acceptors (Lipinski definition) is 4. The van der Waals surface area contributed by atoms with Crippen molar-refractivity contribution in [3.05, 3.63) is 18.2 Å². The summed E-state index contributed by atoms with van der Waals surface area (Å²) >= 11 is 0. The fourth-order valence-corrected chi connectivity index (χ4v) is 1.79. The minimum absolute atomic E-state index is 0.127. The van der Waals surface area contributed by atoms with Gasteiger partial charge in [0.15, 0.2) is 0 Å². The van der Waals surface area contributed by atoms with Crippen molar-refractivity contribution in [3.63, 3.8) is 0 Å². The minimum atomic E-state index is -1.08. The van der Waals surface area contributed by atoms with Crippen LogP contribution in [0.2, 0.25) is 0 Å². The monoisotopic (exact) mass is 282 g/mol. The molecule has 5 N–H and O–H groups in total. The third-order valence-corrected chi connectivity index (χ3v) is 3.41. The van der Waals surface area contributed by atoms with Crippen molar-refractivity contribution >= 4 is 11.9 Å². The molecule has 0 aliphatic carbocycles. The Kier molecular flexibility index (Phi) is 6.17. The van der Waals surface area contributed by atoms with Gasteiger partial charge in [-0.3, -0.25) is 4.79 Å². The molecule has 7 nitrogen and oxygen atoms in total. The molecule has 1 rings (SSSR count). The number of aromatic nitrogens is 2. The molecule has 0 spiro atoms. The molecule has 0 saturated heterocycles. The highest BCUT2D eigenvalue weighted by Crippen LogP contribution is 2.09. The number of carboxylic acids is 1. The number of nitrogens with two attached hydrogens (primary N) is 1. The summed E-state index contributed by atoms with van der Waals surface area (Å²) in [7, 11) is 0. The average molecular weight is 282 g/mol. The van der Waals surface area contributed by atoms with E-state index < -0.39 is 12.0 Å². The molecule has 0 aliphatic rings. The molecule has 1 aromatic rings. The summed E-state index contributed by atoms with van der Waals surface area (Å²) in [4.78, 5) is 29.6. The molecule has 0 fully saturated rings. The summed E-state index contributed by atoms with van der Waals surface area (Å²) in [6, 6.07) is -1.24. The van der Waals surface area contributed by atoms with Crippen molar-refractivity contribution in [1.29, 1.82) is 0 Å². The van der Waals surface area contributed by atoms with Crippen molar-refractivity contribution in [1.82, 2.24) is 15.3 Å². The maximum atomic E-state index is 11.8. The van der Waals surface area contributed by atoms with Crippen LogP contribution in [0.4, 0.5) is 0 Å². The molecular weight excluding hydrogens is 260 g/mol. The SMILES string of the molecule is CCC(C)C(N)CC(=O)N[C@@H](Cc1cnc[nH]1)C(=O)O. The first-order valence-corrected chi connectivity index (χ1v) is 6.69. The van der Waals surface area contributed by atoms with E-state index in [4.69, 9.17) is 10.8 Å². The number of rotatable bonds is 8. The predicted molar refractivity (Wildman–Crippen MR) is 73.9 cm³/mol. The van der Waals surface area contributed by atoms with Crippen LogP contribution in [0.1, 0.15) is 32.4 Å². The fraction of sp³-hybridized carbons (Fsp3) is 0.615. The lowest BCUT2D eigenvalue weighted by Crippen LogP contribution is -2.45. The maximum Gasteiger partial charge on any atom is 0.326 e. The molecule has 0 aromatic carbocycles. The van der Waals surface area contributed by atoms with E-state index in [0.717, 1.165) is 6.42 Å². The van der Waals surface area contributed by atoms with E-state index in [1.165, 1.54) is 12.5 Å². The zero-order valence-corrected chi connectivity index (χ0v) is 11.8. The zero-order valence-electron chi connectivity index (χ0n) is 11.8. The Hall–Kier alpha value is -1.89. The molecule has 0 aliphatic heterocycles. The zero-order chi connectivity index (χ0) is 15.1. The van der Waals surface area contributed by atoms with Gasteiger partial charge in [0, 0.05) is 30.8 Å². The van der Waals surface area contributed by atoms with Crippen LogP contribution in [0.25, 0.3) is 0 Å². The van der Waals surface area contributed by atoms with Crippen LogP contribution < -0.4 is 11.1 Å². The molecule has 0 bridgehead atoms. The standard InChI is InChI=1S/C13H22N4O3/c1-3-8(2)10(14)5-12(18)17-11(13(19)20)4-9-6-15-7-16-9/h6-8,10-11H,3-5,14H2,1-2H3,(H,15,16)(H,17,18)(H,19,20)/t8?,10?,11-/m0/s1. The smallest absolute Gasteiger partial charge is 0.326 e. The Balaban J connectivity index is 2.53. The number of carboxylic acid groups (broad SMARTS) is 1. The molecule has 0 radical (unpaired) electrons.